The zero-order valence-electron chi connectivity index (χ0n) is 30.2. The van der Waals surface area contributed by atoms with Crippen LogP contribution in [0.4, 0.5) is 4.79 Å². The fourth-order valence-electron chi connectivity index (χ4n) is 7.83. The molecule has 2 amide bonds. The fraction of sp³-hybridized carbons (Fsp3) is 0.357. The van der Waals surface area contributed by atoms with Crippen LogP contribution in [0.2, 0.25) is 0 Å². The zero-order chi connectivity index (χ0) is 36.9. The van der Waals surface area contributed by atoms with Crippen molar-refractivity contribution in [3.05, 3.63) is 118 Å². The Bertz CT molecular complexity index is 1940. The van der Waals surface area contributed by atoms with E-state index in [1.807, 2.05) is 96.4 Å². The van der Waals surface area contributed by atoms with Crippen molar-refractivity contribution in [1.82, 2.24) is 9.80 Å². The van der Waals surface area contributed by atoms with E-state index in [0.29, 0.717) is 47.0 Å². The topological polar surface area (TPSA) is 113 Å². The highest BCUT2D eigenvalue weighted by atomic mass is 16.8. The van der Waals surface area contributed by atoms with Gasteiger partial charge in [-0.25, -0.2) is 4.79 Å². The summed E-state index contributed by atoms with van der Waals surface area (Å²) >= 11 is 0. The zero-order valence-corrected chi connectivity index (χ0v) is 30.2. The van der Waals surface area contributed by atoms with E-state index < -0.39 is 30.1 Å². The van der Waals surface area contributed by atoms with E-state index in [2.05, 4.69) is 0 Å². The van der Waals surface area contributed by atoms with E-state index in [1.54, 1.807) is 12.1 Å². The Morgan fingerprint density at radius 2 is 1.04 bits per heavy atom. The third-order valence-corrected chi connectivity index (χ3v) is 10.4. The van der Waals surface area contributed by atoms with E-state index in [0.717, 1.165) is 22.3 Å². The molecule has 0 aromatic heterocycles. The molecule has 0 radical (unpaired) electrons. The summed E-state index contributed by atoms with van der Waals surface area (Å²) in [6.07, 6.45) is -0.245. The van der Waals surface area contributed by atoms with Crippen LogP contribution >= 0.6 is 0 Å². The standard InChI is InChI=1S/C42H42N2O9/c1-25(45)31-9-5-7-29(15-31)21-43-33(17-27-11-13-35-37(19-27)50-23-48-35)39-40(53-42(3,4)52-39)34(18-28-12-14-36-38(20-28)51-24-49-36)44(41(43)47)22-30-8-6-10-32(16-30)26(2)46/h5-16,19-20,33-34,39-40H,17-18,21-24H2,1-4H3/t33-,34-,39+,40+/m1/s1. The molecule has 11 nitrogen and oxygen atoms in total. The lowest BCUT2D eigenvalue weighted by Gasteiger charge is -2.37. The maximum Gasteiger partial charge on any atom is 0.321 e. The summed E-state index contributed by atoms with van der Waals surface area (Å²) in [6.45, 7) is 7.60. The second kappa shape index (κ2) is 13.9. The Hall–Kier alpha value is -5.39. The molecule has 4 aliphatic rings. The molecule has 0 N–H and O–H groups in total. The van der Waals surface area contributed by atoms with Crippen LogP contribution in [0.1, 0.15) is 70.7 Å². The average molecular weight is 719 g/mol. The molecule has 4 aromatic carbocycles. The largest absolute Gasteiger partial charge is 0.454 e. The molecule has 274 valence electrons. The molecule has 53 heavy (non-hydrogen) atoms. The molecule has 11 heteroatoms. The maximum absolute atomic E-state index is 15.5. The number of ketones is 2. The number of fused-ring (bicyclic) bond motifs is 3. The molecular formula is C42H42N2O9. The van der Waals surface area contributed by atoms with Crippen LogP contribution in [0, 0.1) is 0 Å². The molecule has 4 atom stereocenters. The number of carbonyl (C=O) groups is 3. The summed E-state index contributed by atoms with van der Waals surface area (Å²) in [5, 5.41) is 0. The van der Waals surface area contributed by atoms with E-state index >= 15 is 4.79 Å². The summed E-state index contributed by atoms with van der Waals surface area (Å²) in [6, 6.07) is 25.3. The van der Waals surface area contributed by atoms with Gasteiger partial charge in [-0.2, -0.15) is 0 Å². The number of ether oxygens (including phenoxy) is 6. The van der Waals surface area contributed by atoms with E-state index in [-0.39, 0.29) is 44.3 Å². The molecule has 2 saturated heterocycles. The lowest BCUT2D eigenvalue weighted by Crippen LogP contribution is -2.51. The number of urea groups is 1. The first-order chi connectivity index (χ1) is 25.5. The van der Waals surface area contributed by atoms with Crippen LogP contribution in [-0.2, 0) is 35.4 Å². The smallest absolute Gasteiger partial charge is 0.321 e. The molecular weight excluding hydrogens is 676 g/mol. The normalized spacial score (nSPS) is 22.5. The minimum atomic E-state index is -0.962. The highest BCUT2D eigenvalue weighted by Gasteiger charge is 2.55. The van der Waals surface area contributed by atoms with Gasteiger partial charge in [0.2, 0.25) is 13.6 Å². The van der Waals surface area contributed by atoms with Crippen LogP contribution in [-0.4, -0.2) is 71.1 Å². The Morgan fingerprint density at radius 1 is 0.604 bits per heavy atom. The number of amides is 2. The second-order valence-electron chi connectivity index (χ2n) is 14.5. The minimum absolute atomic E-state index is 0.0592. The summed E-state index contributed by atoms with van der Waals surface area (Å²) < 4.78 is 36.3. The van der Waals surface area contributed by atoms with Gasteiger partial charge in [-0.15, -0.1) is 0 Å². The number of hydrogen-bond acceptors (Lipinski definition) is 9. The van der Waals surface area contributed by atoms with Crippen LogP contribution in [0.15, 0.2) is 84.9 Å². The monoisotopic (exact) mass is 718 g/mol. The average Bonchev–Trinajstić information content (AvgIpc) is 3.88. The van der Waals surface area contributed by atoms with Gasteiger partial charge in [-0.1, -0.05) is 48.5 Å². The van der Waals surface area contributed by atoms with E-state index in [4.69, 9.17) is 28.4 Å². The highest BCUT2D eigenvalue weighted by Crippen LogP contribution is 2.42. The molecule has 0 bridgehead atoms. The number of Topliss-reactive ketones (excluding diaryl/α,β-unsaturated/α-hetero) is 2. The molecule has 0 spiro atoms. The quantitative estimate of drug-likeness (QED) is 0.165. The predicted molar refractivity (Wildman–Crippen MR) is 193 cm³/mol. The summed E-state index contributed by atoms with van der Waals surface area (Å²) in [5.41, 5.74) is 4.63. The van der Waals surface area contributed by atoms with Gasteiger partial charge in [-0.05, 0) is 99.2 Å². The van der Waals surface area contributed by atoms with Crippen molar-refractivity contribution >= 4 is 17.6 Å². The summed E-state index contributed by atoms with van der Waals surface area (Å²) in [7, 11) is 0. The molecule has 4 aromatic rings. The number of rotatable bonds is 10. The fourth-order valence-corrected chi connectivity index (χ4v) is 7.83. The van der Waals surface area contributed by atoms with Crippen molar-refractivity contribution in [2.75, 3.05) is 13.6 Å². The van der Waals surface area contributed by atoms with Gasteiger partial charge in [0, 0.05) is 24.2 Å². The van der Waals surface area contributed by atoms with Gasteiger partial charge in [-0.3, -0.25) is 9.59 Å². The molecule has 2 fully saturated rings. The van der Waals surface area contributed by atoms with Gasteiger partial charge in [0.15, 0.2) is 40.4 Å². The third kappa shape index (κ3) is 7.06. The minimum Gasteiger partial charge on any atom is -0.454 e. The van der Waals surface area contributed by atoms with Crippen molar-refractivity contribution in [3.8, 4) is 23.0 Å². The summed E-state index contributed by atoms with van der Waals surface area (Å²) in [4.78, 5) is 44.1. The first-order valence-electron chi connectivity index (χ1n) is 17.9. The molecule has 0 unspecified atom stereocenters. The third-order valence-electron chi connectivity index (χ3n) is 10.4. The molecule has 4 aliphatic heterocycles. The lowest BCUT2D eigenvalue weighted by molar-refractivity contribution is -0.157. The van der Waals surface area contributed by atoms with Gasteiger partial charge in [0.05, 0.1) is 12.1 Å². The Labute approximate surface area is 308 Å². The first kappa shape index (κ1) is 34.7. The van der Waals surface area contributed by atoms with Crippen molar-refractivity contribution in [2.45, 2.75) is 83.7 Å². The Kier molecular flexibility index (Phi) is 9.08. The van der Waals surface area contributed by atoms with Crippen molar-refractivity contribution in [3.63, 3.8) is 0 Å². The summed E-state index contributed by atoms with van der Waals surface area (Å²) in [5.74, 6) is 1.56. The Balaban J connectivity index is 1.26. The number of nitrogens with zero attached hydrogens (tertiary/aromatic N) is 2. The number of hydrogen-bond donors (Lipinski definition) is 0. The van der Waals surface area contributed by atoms with Crippen LogP contribution < -0.4 is 18.9 Å². The molecule has 4 heterocycles. The van der Waals surface area contributed by atoms with Gasteiger partial charge < -0.3 is 38.2 Å². The number of benzene rings is 4. The van der Waals surface area contributed by atoms with Crippen LogP contribution in [0.25, 0.3) is 0 Å². The predicted octanol–water partition coefficient (Wildman–Crippen LogP) is 6.73. The Morgan fingerprint density at radius 3 is 1.47 bits per heavy atom. The second-order valence-corrected chi connectivity index (χ2v) is 14.5. The van der Waals surface area contributed by atoms with Gasteiger partial charge in [0.1, 0.15) is 12.2 Å². The van der Waals surface area contributed by atoms with Crippen LogP contribution in [0.5, 0.6) is 23.0 Å². The van der Waals surface area contributed by atoms with E-state index in [1.165, 1.54) is 13.8 Å². The lowest BCUT2D eigenvalue weighted by atomic mass is 9.90. The first-order valence-corrected chi connectivity index (χ1v) is 17.9. The number of carbonyl (C=O) groups excluding carboxylic acids is 3. The van der Waals surface area contributed by atoms with Crippen molar-refractivity contribution in [2.24, 2.45) is 0 Å². The van der Waals surface area contributed by atoms with Gasteiger partial charge in [0.25, 0.3) is 0 Å². The molecule has 0 saturated carbocycles. The van der Waals surface area contributed by atoms with Crippen LogP contribution in [0.3, 0.4) is 0 Å². The van der Waals surface area contributed by atoms with Crippen molar-refractivity contribution in [1.29, 1.82) is 0 Å². The molecule has 0 aliphatic carbocycles. The maximum atomic E-state index is 15.5. The highest BCUT2D eigenvalue weighted by molar-refractivity contribution is 5.94. The van der Waals surface area contributed by atoms with Gasteiger partial charge >= 0.3 is 6.03 Å². The van der Waals surface area contributed by atoms with E-state index in [9.17, 15) is 9.59 Å². The van der Waals surface area contributed by atoms with Crippen molar-refractivity contribution < 1.29 is 42.8 Å². The molecule has 8 rings (SSSR count). The SMILES string of the molecule is CC(=O)c1cccc(CN2C(=O)N(Cc3cccc(C(C)=O)c3)[C@H](Cc3ccc4c(c3)OCO4)[C@@H]3OC(C)(C)O[C@H]3[C@H]2Cc2ccc3c(c2)OCO3)c1.